The number of benzene rings is 2. The van der Waals surface area contributed by atoms with Gasteiger partial charge in [0, 0.05) is 0 Å². The van der Waals surface area contributed by atoms with Crippen LogP contribution in [0.1, 0.15) is 11.1 Å². The number of aromatic hydroxyl groups is 4. The van der Waals surface area contributed by atoms with Gasteiger partial charge in [-0.1, -0.05) is 18.7 Å². The predicted molar refractivity (Wildman–Crippen MR) is 67.7 cm³/mol. The number of hydrogen-bond acceptors (Lipinski definition) is 4. The minimum Gasteiger partial charge on any atom is -0.504 e. The summed E-state index contributed by atoms with van der Waals surface area (Å²) < 4.78 is 0. The van der Waals surface area contributed by atoms with Gasteiger partial charge in [-0.15, -0.1) is 0 Å². The van der Waals surface area contributed by atoms with Gasteiger partial charge in [0.1, 0.15) is 0 Å². The third-order valence-corrected chi connectivity index (χ3v) is 2.65. The Morgan fingerprint density at radius 1 is 0.667 bits per heavy atom. The molecule has 0 amide bonds. The lowest BCUT2D eigenvalue weighted by Gasteiger charge is -2.08. The van der Waals surface area contributed by atoms with E-state index in [0.717, 1.165) is 0 Å². The molecule has 0 aliphatic heterocycles. The van der Waals surface area contributed by atoms with Gasteiger partial charge in [0.25, 0.3) is 0 Å². The number of phenolic OH excluding ortho intramolecular Hbond substituents is 4. The van der Waals surface area contributed by atoms with E-state index >= 15 is 0 Å². The highest BCUT2D eigenvalue weighted by Gasteiger charge is 2.08. The molecular weight excluding hydrogens is 232 g/mol. The Kier molecular flexibility index (Phi) is 2.85. The van der Waals surface area contributed by atoms with Crippen LogP contribution in [-0.4, -0.2) is 20.4 Å². The van der Waals surface area contributed by atoms with Gasteiger partial charge in [0.15, 0.2) is 23.0 Å². The molecule has 0 saturated heterocycles. The van der Waals surface area contributed by atoms with Gasteiger partial charge in [-0.25, -0.2) is 0 Å². The topological polar surface area (TPSA) is 80.9 Å². The lowest BCUT2D eigenvalue weighted by molar-refractivity contribution is 0.403. The third kappa shape index (κ3) is 2.08. The van der Waals surface area contributed by atoms with Crippen LogP contribution in [0.4, 0.5) is 0 Å². The van der Waals surface area contributed by atoms with E-state index in [1.165, 1.54) is 24.3 Å². The Bertz CT molecular complexity index is 564. The molecule has 0 aromatic heterocycles. The van der Waals surface area contributed by atoms with E-state index in [9.17, 15) is 20.4 Å². The second kappa shape index (κ2) is 4.33. The fraction of sp³-hybridized carbons (Fsp3) is 0. The van der Waals surface area contributed by atoms with E-state index in [2.05, 4.69) is 6.58 Å². The largest absolute Gasteiger partial charge is 0.504 e. The molecule has 0 aliphatic rings. The van der Waals surface area contributed by atoms with Crippen molar-refractivity contribution in [1.82, 2.24) is 0 Å². The first-order chi connectivity index (χ1) is 8.49. The SMILES string of the molecule is C=C(c1ccc(O)c(O)c1)c1ccc(O)c(O)c1. The Hall–Kier alpha value is -2.62. The minimum atomic E-state index is -0.239. The van der Waals surface area contributed by atoms with Gasteiger partial charge in [0.2, 0.25) is 0 Å². The summed E-state index contributed by atoms with van der Waals surface area (Å²) in [5, 5.41) is 37.3. The molecular formula is C14H12O4. The van der Waals surface area contributed by atoms with Gasteiger partial charge in [-0.2, -0.15) is 0 Å². The van der Waals surface area contributed by atoms with Crippen LogP contribution < -0.4 is 0 Å². The molecule has 2 rings (SSSR count). The molecule has 4 nitrogen and oxygen atoms in total. The van der Waals surface area contributed by atoms with Crippen molar-refractivity contribution in [2.45, 2.75) is 0 Å². The first kappa shape index (κ1) is 11.9. The molecule has 0 fully saturated rings. The van der Waals surface area contributed by atoms with Crippen LogP contribution in [0.3, 0.4) is 0 Å². The zero-order chi connectivity index (χ0) is 13.3. The summed E-state index contributed by atoms with van der Waals surface area (Å²) in [5.74, 6) is -0.895. The molecule has 0 spiro atoms. The van der Waals surface area contributed by atoms with E-state index in [0.29, 0.717) is 16.7 Å². The molecule has 0 bridgehead atoms. The zero-order valence-corrected chi connectivity index (χ0v) is 9.46. The van der Waals surface area contributed by atoms with Crippen LogP contribution in [0, 0.1) is 0 Å². The van der Waals surface area contributed by atoms with Crippen molar-refractivity contribution in [1.29, 1.82) is 0 Å². The van der Waals surface area contributed by atoms with E-state index in [4.69, 9.17) is 0 Å². The molecule has 92 valence electrons. The normalized spacial score (nSPS) is 10.2. The number of rotatable bonds is 2. The molecule has 0 atom stereocenters. The summed E-state index contributed by atoms with van der Waals surface area (Å²) in [6.07, 6.45) is 0. The lowest BCUT2D eigenvalue weighted by atomic mass is 9.99. The molecule has 0 saturated carbocycles. The average molecular weight is 244 g/mol. The molecule has 2 aromatic carbocycles. The third-order valence-electron chi connectivity index (χ3n) is 2.65. The average Bonchev–Trinajstić information content (AvgIpc) is 2.35. The minimum absolute atomic E-state index is 0.208. The van der Waals surface area contributed by atoms with Crippen molar-refractivity contribution < 1.29 is 20.4 Å². The molecule has 0 unspecified atom stereocenters. The standard InChI is InChI=1S/C14H12O4/c1-8(9-2-4-11(15)13(17)6-9)10-3-5-12(16)14(18)7-10/h2-7,15-18H,1H2. The van der Waals surface area contributed by atoms with Crippen molar-refractivity contribution in [2.75, 3.05) is 0 Å². The molecule has 0 radical (unpaired) electrons. The van der Waals surface area contributed by atoms with Crippen LogP contribution >= 0.6 is 0 Å². The summed E-state index contributed by atoms with van der Waals surface area (Å²) in [7, 11) is 0. The van der Waals surface area contributed by atoms with Crippen molar-refractivity contribution in [3.05, 3.63) is 54.1 Å². The first-order valence-electron chi connectivity index (χ1n) is 5.22. The Labute approximate surface area is 104 Å². The monoisotopic (exact) mass is 244 g/mol. The summed E-state index contributed by atoms with van der Waals surface area (Å²) >= 11 is 0. The Morgan fingerprint density at radius 3 is 1.39 bits per heavy atom. The maximum Gasteiger partial charge on any atom is 0.158 e. The molecule has 4 heteroatoms. The molecule has 0 heterocycles. The van der Waals surface area contributed by atoms with Gasteiger partial charge in [-0.3, -0.25) is 0 Å². The number of hydrogen-bond donors (Lipinski definition) is 4. The van der Waals surface area contributed by atoms with Crippen LogP contribution in [0.25, 0.3) is 5.57 Å². The van der Waals surface area contributed by atoms with Gasteiger partial charge >= 0.3 is 0 Å². The lowest BCUT2D eigenvalue weighted by Crippen LogP contribution is -1.86. The van der Waals surface area contributed by atoms with Gasteiger partial charge in [-0.05, 0) is 41.0 Å². The molecule has 2 aromatic rings. The highest BCUT2D eigenvalue weighted by Crippen LogP contribution is 2.33. The van der Waals surface area contributed by atoms with E-state index in [1.54, 1.807) is 12.1 Å². The second-order valence-corrected chi connectivity index (χ2v) is 3.89. The first-order valence-corrected chi connectivity index (χ1v) is 5.22. The highest BCUT2D eigenvalue weighted by molar-refractivity contribution is 5.80. The van der Waals surface area contributed by atoms with E-state index < -0.39 is 0 Å². The van der Waals surface area contributed by atoms with Crippen molar-refractivity contribution >= 4 is 5.57 Å². The van der Waals surface area contributed by atoms with Crippen LogP contribution in [-0.2, 0) is 0 Å². The fourth-order valence-corrected chi connectivity index (χ4v) is 1.59. The van der Waals surface area contributed by atoms with Crippen LogP contribution in [0.5, 0.6) is 23.0 Å². The van der Waals surface area contributed by atoms with Gasteiger partial charge < -0.3 is 20.4 Å². The number of phenols is 4. The maximum absolute atomic E-state index is 9.41. The molecule has 18 heavy (non-hydrogen) atoms. The van der Waals surface area contributed by atoms with Crippen LogP contribution in [0.2, 0.25) is 0 Å². The fourth-order valence-electron chi connectivity index (χ4n) is 1.59. The smallest absolute Gasteiger partial charge is 0.158 e. The van der Waals surface area contributed by atoms with E-state index in [-0.39, 0.29) is 23.0 Å². The zero-order valence-electron chi connectivity index (χ0n) is 9.46. The van der Waals surface area contributed by atoms with Crippen molar-refractivity contribution in [3.63, 3.8) is 0 Å². The summed E-state index contributed by atoms with van der Waals surface area (Å²) in [5.41, 5.74) is 1.77. The summed E-state index contributed by atoms with van der Waals surface area (Å²) in [4.78, 5) is 0. The van der Waals surface area contributed by atoms with Crippen molar-refractivity contribution in [3.8, 4) is 23.0 Å². The predicted octanol–water partition coefficient (Wildman–Crippen LogP) is 2.57. The van der Waals surface area contributed by atoms with Crippen molar-refractivity contribution in [2.24, 2.45) is 0 Å². The molecule has 4 N–H and O–H groups in total. The Morgan fingerprint density at radius 2 is 1.06 bits per heavy atom. The van der Waals surface area contributed by atoms with Crippen LogP contribution in [0.15, 0.2) is 43.0 Å². The molecule has 0 aliphatic carbocycles. The van der Waals surface area contributed by atoms with Gasteiger partial charge in [0.05, 0.1) is 0 Å². The second-order valence-electron chi connectivity index (χ2n) is 3.89. The quantitative estimate of drug-likeness (QED) is 0.612. The highest BCUT2D eigenvalue weighted by atomic mass is 16.3. The van der Waals surface area contributed by atoms with E-state index in [1.807, 2.05) is 0 Å². The Balaban J connectivity index is 2.41. The summed E-state index contributed by atoms with van der Waals surface area (Å²) in [6.45, 7) is 3.85. The maximum atomic E-state index is 9.41. The summed E-state index contributed by atoms with van der Waals surface area (Å²) in [6, 6.07) is 8.66.